The molecule has 0 saturated heterocycles. The molecule has 6 nitrogen and oxygen atoms in total. The van der Waals surface area contributed by atoms with Crippen LogP contribution in [-0.2, 0) is 9.53 Å². The number of halogens is 1. The van der Waals surface area contributed by atoms with E-state index in [2.05, 4.69) is 15.1 Å². The highest BCUT2D eigenvalue weighted by atomic mass is 35.5. The normalized spacial score (nSPS) is 22.8. The Balaban J connectivity index is 1.84. The Morgan fingerprint density at radius 2 is 2.28 bits per heavy atom. The summed E-state index contributed by atoms with van der Waals surface area (Å²) in [5, 5.41) is 5.33. The first-order valence-electron chi connectivity index (χ1n) is 5.62. The van der Waals surface area contributed by atoms with Gasteiger partial charge in [0.25, 0.3) is 0 Å². The summed E-state index contributed by atoms with van der Waals surface area (Å²) in [7, 11) is 1.41. The predicted molar refractivity (Wildman–Crippen MR) is 64.1 cm³/mol. The molecule has 2 aromatic heterocycles. The van der Waals surface area contributed by atoms with E-state index in [1.54, 1.807) is 12.4 Å². The summed E-state index contributed by atoms with van der Waals surface area (Å²) < 4.78 is 6.52. The Labute approximate surface area is 108 Å². The van der Waals surface area contributed by atoms with Crippen molar-refractivity contribution in [1.82, 2.24) is 19.7 Å². The minimum Gasteiger partial charge on any atom is -0.469 e. The first-order valence-corrected chi connectivity index (χ1v) is 6.00. The molecule has 2 aromatic rings. The fourth-order valence-electron chi connectivity index (χ4n) is 2.23. The van der Waals surface area contributed by atoms with Crippen molar-refractivity contribution in [3.8, 4) is 0 Å². The number of nitrogens with zero attached hydrogens (tertiary/aromatic N) is 4. The molecular formula is C11H11ClN4O2. The van der Waals surface area contributed by atoms with E-state index in [9.17, 15) is 4.79 Å². The summed E-state index contributed by atoms with van der Waals surface area (Å²) in [6.45, 7) is 0. The molecule has 18 heavy (non-hydrogen) atoms. The fraction of sp³-hybridized carbons (Fsp3) is 0.455. The molecule has 0 N–H and O–H groups in total. The Kier molecular flexibility index (Phi) is 2.66. The zero-order chi connectivity index (χ0) is 12.7. The van der Waals surface area contributed by atoms with Gasteiger partial charge in [-0.15, -0.1) is 0 Å². The molecule has 0 aliphatic heterocycles. The van der Waals surface area contributed by atoms with Crippen LogP contribution in [0.4, 0.5) is 0 Å². The number of esters is 1. The third kappa shape index (κ3) is 1.73. The summed E-state index contributed by atoms with van der Waals surface area (Å²) in [4.78, 5) is 19.4. The second kappa shape index (κ2) is 4.20. The number of carbonyl (C=O) groups excluding carboxylic acids is 1. The van der Waals surface area contributed by atoms with Gasteiger partial charge in [-0.2, -0.15) is 10.1 Å². The molecule has 94 valence electrons. The van der Waals surface area contributed by atoms with Crippen molar-refractivity contribution in [3.05, 3.63) is 17.7 Å². The minimum absolute atomic E-state index is 0.0310. The Hall–Kier alpha value is -1.69. The van der Waals surface area contributed by atoms with Crippen LogP contribution in [0.3, 0.4) is 0 Å². The maximum Gasteiger partial charge on any atom is 0.308 e. The fourth-order valence-corrected chi connectivity index (χ4v) is 2.36. The predicted octanol–water partition coefficient (Wildman–Crippen LogP) is 1.60. The molecule has 0 aromatic carbocycles. The summed E-state index contributed by atoms with van der Waals surface area (Å²) in [5.41, 5.74) is 0.711. The van der Waals surface area contributed by atoms with Crippen LogP contribution >= 0.6 is 11.6 Å². The lowest BCUT2D eigenvalue weighted by molar-refractivity contribution is -0.149. The van der Waals surface area contributed by atoms with Crippen LogP contribution in [0, 0.1) is 5.92 Å². The van der Waals surface area contributed by atoms with Gasteiger partial charge in [-0.25, -0.2) is 9.67 Å². The summed E-state index contributed by atoms with van der Waals surface area (Å²) in [6.07, 6.45) is 4.80. The average Bonchev–Trinajstić information content (AvgIpc) is 2.70. The molecule has 0 atom stereocenters. The topological polar surface area (TPSA) is 69.9 Å². The average molecular weight is 267 g/mol. The van der Waals surface area contributed by atoms with Crippen LogP contribution in [0.2, 0.25) is 5.28 Å². The maximum absolute atomic E-state index is 11.3. The van der Waals surface area contributed by atoms with Gasteiger partial charge in [0.2, 0.25) is 5.28 Å². The van der Waals surface area contributed by atoms with Gasteiger partial charge in [0.15, 0.2) is 5.65 Å². The minimum atomic E-state index is -0.157. The summed E-state index contributed by atoms with van der Waals surface area (Å²) in [5.74, 6) is -0.188. The smallest absolute Gasteiger partial charge is 0.308 e. The van der Waals surface area contributed by atoms with Gasteiger partial charge >= 0.3 is 5.97 Å². The Morgan fingerprint density at radius 3 is 3.00 bits per heavy atom. The van der Waals surface area contributed by atoms with Crippen molar-refractivity contribution in [2.75, 3.05) is 7.11 Å². The van der Waals surface area contributed by atoms with Gasteiger partial charge in [-0.1, -0.05) is 0 Å². The summed E-state index contributed by atoms with van der Waals surface area (Å²) in [6, 6.07) is 0.178. The number of ether oxygens (including phenoxy) is 1. The largest absolute Gasteiger partial charge is 0.469 e. The second-order valence-corrected chi connectivity index (χ2v) is 4.69. The van der Waals surface area contributed by atoms with Crippen molar-refractivity contribution in [1.29, 1.82) is 0 Å². The third-order valence-electron chi connectivity index (χ3n) is 3.30. The van der Waals surface area contributed by atoms with Crippen LogP contribution in [0.1, 0.15) is 18.9 Å². The Morgan fingerprint density at radius 1 is 1.50 bits per heavy atom. The van der Waals surface area contributed by atoms with Crippen LogP contribution in [0.15, 0.2) is 12.4 Å². The molecule has 1 aliphatic rings. The molecule has 2 heterocycles. The van der Waals surface area contributed by atoms with Crippen molar-refractivity contribution in [3.63, 3.8) is 0 Å². The van der Waals surface area contributed by atoms with Crippen LogP contribution in [0.5, 0.6) is 0 Å². The number of aromatic nitrogens is 4. The highest BCUT2D eigenvalue weighted by molar-refractivity contribution is 6.28. The van der Waals surface area contributed by atoms with E-state index in [0.29, 0.717) is 5.65 Å². The monoisotopic (exact) mass is 266 g/mol. The number of fused-ring (bicyclic) bond motifs is 1. The van der Waals surface area contributed by atoms with E-state index >= 15 is 0 Å². The van der Waals surface area contributed by atoms with Gasteiger partial charge in [-0.05, 0) is 24.4 Å². The first kappa shape index (κ1) is 11.4. The molecule has 7 heteroatoms. The molecule has 1 fully saturated rings. The van der Waals surface area contributed by atoms with Gasteiger partial charge < -0.3 is 4.74 Å². The highest BCUT2D eigenvalue weighted by Gasteiger charge is 2.37. The van der Waals surface area contributed by atoms with Crippen LogP contribution in [0.25, 0.3) is 11.0 Å². The highest BCUT2D eigenvalue weighted by Crippen LogP contribution is 2.39. The SMILES string of the molecule is COC(=O)C1CC(n2ncc3cnc(Cl)nc32)C1. The zero-order valence-corrected chi connectivity index (χ0v) is 10.5. The van der Waals surface area contributed by atoms with Crippen molar-refractivity contribution in [2.45, 2.75) is 18.9 Å². The van der Waals surface area contributed by atoms with Crippen molar-refractivity contribution < 1.29 is 9.53 Å². The van der Waals surface area contributed by atoms with E-state index in [-0.39, 0.29) is 23.2 Å². The van der Waals surface area contributed by atoms with Crippen LogP contribution in [-0.4, -0.2) is 32.8 Å². The lowest BCUT2D eigenvalue weighted by Crippen LogP contribution is -2.33. The maximum atomic E-state index is 11.3. The number of carbonyl (C=O) groups is 1. The molecule has 0 bridgehead atoms. The van der Waals surface area contributed by atoms with E-state index in [0.717, 1.165) is 18.2 Å². The number of hydrogen-bond donors (Lipinski definition) is 0. The van der Waals surface area contributed by atoms with Gasteiger partial charge in [0.05, 0.1) is 30.7 Å². The van der Waals surface area contributed by atoms with Crippen LogP contribution < -0.4 is 0 Å². The molecule has 0 amide bonds. The van der Waals surface area contributed by atoms with E-state index in [4.69, 9.17) is 16.3 Å². The molecular weight excluding hydrogens is 256 g/mol. The van der Waals surface area contributed by atoms with E-state index in [1.165, 1.54) is 7.11 Å². The van der Waals surface area contributed by atoms with Gasteiger partial charge in [0, 0.05) is 6.20 Å². The molecule has 3 rings (SSSR count). The van der Waals surface area contributed by atoms with Crippen molar-refractivity contribution >= 4 is 28.6 Å². The zero-order valence-electron chi connectivity index (χ0n) is 9.71. The van der Waals surface area contributed by atoms with E-state index in [1.807, 2.05) is 4.68 Å². The van der Waals surface area contributed by atoms with Crippen molar-refractivity contribution in [2.24, 2.45) is 5.92 Å². The van der Waals surface area contributed by atoms with E-state index < -0.39 is 0 Å². The molecule has 0 radical (unpaired) electrons. The lowest BCUT2D eigenvalue weighted by atomic mass is 9.80. The molecule has 1 saturated carbocycles. The summed E-state index contributed by atoms with van der Waals surface area (Å²) >= 11 is 5.78. The standard InChI is InChI=1S/C11H11ClN4O2/c1-18-10(17)6-2-8(3-6)16-9-7(5-14-16)4-13-11(12)15-9/h4-6,8H,2-3H2,1H3. The van der Waals surface area contributed by atoms with Gasteiger partial charge in [-0.3, -0.25) is 4.79 Å². The number of hydrogen-bond acceptors (Lipinski definition) is 5. The molecule has 0 unspecified atom stereocenters. The first-order chi connectivity index (χ1) is 8.69. The lowest BCUT2D eigenvalue weighted by Gasteiger charge is -2.33. The molecule has 1 aliphatic carbocycles. The second-order valence-electron chi connectivity index (χ2n) is 4.35. The molecule has 0 spiro atoms. The Bertz CT molecular complexity index is 606. The quantitative estimate of drug-likeness (QED) is 0.610. The third-order valence-corrected chi connectivity index (χ3v) is 3.48. The van der Waals surface area contributed by atoms with Gasteiger partial charge in [0.1, 0.15) is 0 Å². The number of methoxy groups -OCH3 is 1. The number of rotatable bonds is 2.